The Bertz CT molecular complexity index is 1060. The molecule has 0 N–H and O–H groups in total. The second kappa shape index (κ2) is 6.94. The lowest BCUT2D eigenvalue weighted by atomic mass is 10.3. The van der Waals surface area contributed by atoms with E-state index in [1.165, 1.54) is 14.3 Å². The van der Waals surface area contributed by atoms with Crippen LogP contribution in [-0.2, 0) is 13.6 Å². The fourth-order valence-corrected chi connectivity index (χ4v) is 2.86. The van der Waals surface area contributed by atoms with Gasteiger partial charge in [0, 0.05) is 20.0 Å². The molecule has 0 amide bonds. The summed E-state index contributed by atoms with van der Waals surface area (Å²) in [4.78, 5) is 9.13. The zero-order chi connectivity index (χ0) is 21.7. The number of halogens is 5. The smallest absolute Gasteiger partial charge is 0.425 e. The summed E-state index contributed by atoms with van der Waals surface area (Å²) in [5.74, 6) is -2.68. The number of tetrazole rings is 1. The lowest BCUT2D eigenvalue weighted by molar-refractivity contribution is -0.190. The second-order valence-corrected chi connectivity index (χ2v) is 6.80. The number of anilines is 1. The molecule has 1 aliphatic heterocycles. The number of aryl methyl sites for hydroxylation is 1. The number of alkyl halides is 5. The van der Waals surface area contributed by atoms with E-state index in [0.717, 1.165) is 6.92 Å². The molecule has 0 aromatic carbocycles. The van der Waals surface area contributed by atoms with E-state index in [1.807, 2.05) is 0 Å². The van der Waals surface area contributed by atoms with Gasteiger partial charge in [0.05, 0.1) is 6.54 Å². The summed E-state index contributed by atoms with van der Waals surface area (Å²) in [6, 6.07) is -0.628. The SMILES string of the molecule is C[C@H](Oc1nc(N2CCC(F)(F)C2)c2nnn(Cc3nnnn3C)c2n1)C(F)(F)F. The first-order chi connectivity index (χ1) is 14.0. The molecule has 30 heavy (non-hydrogen) atoms. The van der Waals surface area contributed by atoms with Gasteiger partial charge in [-0.05, 0) is 17.4 Å². The van der Waals surface area contributed by atoms with Gasteiger partial charge in [0.15, 0.2) is 28.9 Å². The fraction of sp³-hybridized carbons (Fsp3) is 0.643. The van der Waals surface area contributed by atoms with E-state index in [2.05, 4.69) is 35.8 Å². The summed E-state index contributed by atoms with van der Waals surface area (Å²) >= 11 is 0. The van der Waals surface area contributed by atoms with Gasteiger partial charge in [-0.1, -0.05) is 5.21 Å². The van der Waals surface area contributed by atoms with Gasteiger partial charge in [-0.3, -0.25) is 0 Å². The van der Waals surface area contributed by atoms with Crippen LogP contribution in [0, 0.1) is 0 Å². The minimum atomic E-state index is -4.66. The average molecular weight is 434 g/mol. The summed E-state index contributed by atoms with van der Waals surface area (Å²) in [5.41, 5.74) is 0.0532. The van der Waals surface area contributed by atoms with E-state index in [1.54, 1.807) is 7.05 Å². The zero-order valence-corrected chi connectivity index (χ0v) is 15.7. The van der Waals surface area contributed by atoms with Crippen LogP contribution >= 0.6 is 0 Å². The highest BCUT2D eigenvalue weighted by atomic mass is 19.4. The van der Waals surface area contributed by atoms with Crippen molar-refractivity contribution in [1.29, 1.82) is 0 Å². The van der Waals surface area contributed by atoms with Crippen molar-refractivity contribution >= 4 is 17.0 Å². The Kier molecular flexibility index (Phi) is 4.65. The van der Waals surface area contributed by atoms with Gasteiger partial charge < -0.3 is 9.64 Å². The fourth-order valence-electron chi connectivity index (χ4n) is 2.86. The van der Waals surface area contributed by atoms with E-state index < -0.39 is 37.2 Å². The van der Waals surface area contributed by atoms with E-state index in [0.29, 0.717) is 5.82 Å². The standard InChI is InChI=1S/C14H15F5N10O/c1-7(14(17,18)19)30-12-20-10(28-4-3-13(15,16)6-28)9-11(21-12)29(25-23-9)5-8-22-24-26-27(8)2/h7H,3-6H2,1-2H3/t7-/m0/s1. The van der Waals surface area contributed by atoms with Crippen LogP contribution in [0.5, 0.6) is 6.01 Å². The highest BCUT2D eigenvalue weighted by Crippen LogP contribution is 2.34. The molecule has 0 unspecified atom stereocenters. The first-order valence-electron chi connectivity index (χ1n) is 8.72. The van der Waals surface area contributed by atoms with Crippen molar-refractivity contribution < 1.29 is 26.7 Å². The molecule has 0 spiro atoms. The third-order valence-corrected chi connectivity index (χ3v) is 4.54. The van der Waals surface area contributed by atoms with Gasteiger partial charge in [-0.15, -0.1) is 10.2 Å². The summed E-state index contributed by atoms with van der Waals surface area (Å²) in [6.45, 7) is 0.0553. The summed E-state index contributed by atoms with van der Waals surface area (Å²) < 4.78 is 73.6. The lowest BCUT2D eigenvalue weighted by Crippen LogP contribution is -2.32. The maximum absolute atomic E-state index is 13.7. The summed E-state index contributed by atoms with van der Waals surface area (Å²) in [6.07, 6.45) is -7.30. The Morgan fingerprint density at radius 3 is 2.53 bits per heavy atom. The molecule has 1 saturated heterocycles. The largest absolute Gasteiger partial charge is 0.451 e. The van der Waals surface area contributed by atoms with E-state index in [4.69, 9.17) is 4.74 Å². The van der Waals surface area contributed by atoms with E-state index in [-0.39, 0.29) is 30.1 Å². The predicted octanol–water partition coefficient (Wildman–Crippen LogP) is 0.968. The molecule has 0 radical (unpaired) electrons. The molecule has 0 bridgehead atoms. The van der Waals surface area contributed by atoms with Gasteiger partial charge >= 0.3 is 12.2 Å². The van der Waals surface area contributed by atoms with Crippen LogP contribution in [0.1, 0.15) is 19.2 Å². The van der Waals surface area contributed by atoms with Crippen LogP contribution in [0.4, 0.5) is 27.8 Å². The molecule has 162 valence electrons. The molecule has 4 rings (SSSR count). The number of fused-ring (bicyclic) bond motifs is 1. The van der Waals surface area contributed by atoms with Crippen molar-refractivity contribution in [2.75, 3.05) is 18.0 Å². The molecule has 3 aromatic heterocycles. The van der Waals surface area contributed by atoms with Crippen molar-refractivity contribution in [3.8, 4) is 6.01 Å². The highest BCUT2D eigenvalue weighted by Gasteiger charge is 2.41. The molecule has 11 nitrogen and oxygen atoms in total. The average Bonchev–Trinajstić information content (AvgIpc) is 3.34. The van der Waals surface area contributed by atoms with Crippen molar-refractivity contribution in [3.05, 3.63) is 5.82 Å². The minimum Gasteiger partial charge on any atom is -0.451 e. The Morgan fingerprint density at radius 2 is 1.93 bits per heavy atom. The van der Waals surface area contributed by atoms with Gasteiger partial charge in [0.1, 0.15) is 6.54 Å². The van der Waals surface area contributed by atoms with E-state index >= 15 is 0 Å². The van der Waals surface area contributed by atoms with Crippen LogP contribution in [0.15, 0.2) is 0 Å². The maximum Gasteiger partial charge on any atom is 0.425 e. The zero-order valence-electron chi connectivity index (χ0n) is 15.7. The Labute approximate surface area is 164 Å². The van der Waals surface area contributed by atoms with E-state index in [9.17, 15) is 22.0 Å². The second-order valence-electron chi connectivity index (χ2n) is 6.80. The van der Waals surface area contributed by atoms with Crippen molar-refractivity contribution in [2.45, 2.75) is 38.1 Å². The van der Waals surface area contributed by atoms with Crippen molar-refractivity contribution in [2.24, 2.45) is 7.05 Å². The Balaban J connectivity index is 1.77. The van der Waals surface area contributed by atoms with Crippen LogP contribution in [0.25, 0.3) is 11.2 Å². The third-order valence-electron chi connectivity index (χ3n) is 4.54. The molecule has 1 fully saturated rings. The van der Waals surface area contributed by atoms with Crippen LogP contribution in [0.3, 0.4) is 0 Å². The van der Waals surface area contributed by atoms with Crippen molar-refractivity contribution in [1.82, 2.24) is 45.2 Å². The van der Waals surface area contributed by atoms with Gasteiger partial charge in [-0.2, -0.15) is 23.1 Å². The maximum atomic E-state index is 13.7. The molecular weight excluding hydrogens is 419 g/mol. The van der Waals surface area contributed by atoms with Gasteiger partial charge in [0.25, 0.3) is 5.92 Å². The van der Waals surface area contributed by atoms with Crippen LogP contribution in [-0.4, -0.2) is 76.5 Å². The topological polar surface area (TPSA) is 113 Å². The minimum absolute atomic E-state index is 0.00240. The van der Waals surface area contributed by atoms with Crippen molar-refractivity contribution in [3.63, 3.8) is 0 Å². The molecule has 1 atom stereocenters. The van der Waals surface area contributed by atoms with Crippen LogP contribution < -0.4 is 9.64 Å². The number of hydrogen-bond donors (Lipinski definition) is 0. The molecule has 4 heterocycles. The Hall–Kier alpha value is -3.20. The predicted molar refractivity (Wildman–Crippen MR) is 88.9 cm³/mol. The monoisotopic (exact) mass is 434 g/mol. The molecule has 0 saturated carbocycles. The number of nitrogens with zero attached hydrogens (tertiary/aromatic N) is 10. The number of rotatable bonds is 5. The number of ether oxygens (including phenoxy) is 1. The first-order valence-corrected chi connectivity index (χ1v) is 8.72. The Morgan fingerprint density at radius 1 is 1.17 bits per heavy atom. The molecule has 3 aromatic rings. The lowest BCUT2D eigenvalue weighted by Gasteiger charge is -2.20. The third kappa shape index (κ3) is 3.80. The van der Waals surface area contributed by atoms with Gasteiger partial charge in [0.2, 0.25) is 0 Å². The molecule has 1 aliphatic rings. The molecule has 16 heteroatoms. The van der Waals surface area contributed by atoms with Gasteiger partial charge in [-0.25, -0.2) is 18.1 Å². The normalized spacial score (nSPS) is 17.6. The molecule has 0 aliphatic carbocycles. The quantitative estimate of drug-likeness (QED) is 0.542. The number of aromatic nitrogens is 9. The summed E-state index contributed by atoms with van der Waals surface area (Å²) in [7, 11) is 1.58. The van der Waals surface area contributed by atoms with Crippen LogP contribution in [0.2, 0.25) is 0 Å². The highest BCUT2D eigenvalue weighted by molar-refractivity contribution is 5.83. The summed E-state index contributed by atoms with van der Waals surface area (Å²) in [5, 5.41) is 18.8. The first kappa shape index (κ1) is 20.1. The number of hydrogen-bond acceptors (Lipinski definition) is 9. The molecular formula is C14H15F5N10O.